The zero-order valence-corrected chi connectivity index (χ0v) is 14.7. The Labute approximate surface area is 145 Å². The minimum absolute atomic E-state index is 0.622. The average Bonchev–Trinajstić information content (AvgIpc) is 3.26. The number of hydrogen-bond acceptors (Lipinski definition) is 2. The number of nitrogens with one attached hydrogen (secondary N) is 2. The van der Waals surface area contributed by atoms with Gasteiger partial charge in [0.15, 0.2) is 0 Å². The van der Waals surface area contributed by atoms with E-state index in [4.69, 9.17) is 9.73 Å². The van der Waals surface area contributed by atoms with E-state index < -0.39 is 0 Å². The SMILES string of the molecule is CCOc1cc(=C2C=c3ccccc3=N2)[nH]c1=Cc1[nH]c(C)cc1C. The highest BCUT2D eigenvalue weighted by molar-refractivity contribution is 5.76. The van der Waals surface area contributed by atoms with Gasteiger partial charge >= 0.3 is 0 Å². The van der Waals surface area contributed by atoms with E-state index in [0.717, 1.165) is 44.1 Å². The van der Waals surface area contributed by atoms with Crippen molar-refractivity contribution >= 4 is 17.8 Å². The van der Waals surface area contributed by atoms with Crippen molar-refractivity contribution in [2.45, 2.75) is 20.8 Å². The molecule has 3 aromatic rings. The maximum Gasteiger partial charge on any atom is 0.144 e. The van der Waals surface area contributed by atoms with Crippen LogP contribution in [-0.2, 0) is 0 Å². The van der Waals surface area contributed by atoms with Crippen molar-refractivity contribution in [3.8, 4) is 5.75 Å². The minimum Gasteiger partial charge on any atom is -0.492 e. The third-order valence-electron chi connectivity index (χ3n) is 4.33. The van der Waals surface area contributed by atoms with Crippen LogP contribution < -0.4 is 26.0 Å². The van der Waals surface area contributed by atoms with E-state index in [1.54, 1.807) is 0 Å². The second kappa shape index (κ2) is 6.13. The Morgan fingerprint density at radius 2 is 1.96 bits per heavy atom. The molecule has 0 fully saturated rings. The summed E-state index contributed by atoms with van der Waals surface area (Å²) in [5, 5.41) is 4.07. The van der Waals surface area contributed by atoms with Gasteiger partial charge in [-0.15, -0.1) is 0 Å². The fourth-order valence-corrected chi connectivity index (χ4v) is 3.17. The molecule has 2 aromatic heterocycles. The monoisotopic (exact) mass is 331 g/mol. The molecule has 0 aliphatic carbocycles. The van der Waals surface area contributed by atoms with Crippen molar-refractivity contribution in [2.24, 2.45) is 4.99 Å². The number of aromatic nitrogens is 2. The number of hydrogen-bond donors (Lipinski definition) is 2. The summed E-state index contributed by atoms with van der Waals surface area (Å²) in [6.07, 6.45) is 4.20. The van der Waals surface area contributed by atoms with Crippen molar-refractivity contribution in [3.05, 3.63) is 74.6 Å². The first-order valence-corrected chi connectivity index (χ1v) is 8.53. The number of rotatable bonds is 3. The highest BCUT2D eigenvalue weighted by Crippen LogP contribution is 2.10. The molecule has 0 atom stereocenters. The summed E-state index contributed by atoms with van der Waals surface area (Å²) in [7, 11) is 0. The lowest BCUT2D eigenvalue weighted by molar-refractivity contribution is 0.338. The van der Waals surface area contributed by atoms with Gasteiger partial charge in [-0.2, -0.15) is 0 Å². The van der Waals surface area contributed by atoms with Crippen molar-refractivity contribution < 1.29 is 4.74 Å². The fraction of sp³-hybridized carbons (Fsp3) is 0.190. The van der Waals surface area contributed by atoms with Gasteiger partial charge < -0.3 is 14.7 Å². The number of H-pyrrole nitrogens is 2. The highest BCUT2D eigenvalue weighted by atomic mass is 16.5. The molecule has 0 unspecified atom stereocenters. The molecule has 25 heavy (non-hydrogen) atoms. The first kappa shape index (κ1) is 15.5. The standard InChI is InChI=1S/C21H21N3O/c1-4-25-21-12-19(18-10-15-7-5-6-8-16(15)23-18)24-20(21)11-17-13(2)9-14(3)22-17/h5-12,22,24H,4H2,1-3H3. The second-order valence-electron chi connectivity index (χ2n) is 6.29. The van der Waals surface area contributed by atoms with Gasteiger partial charge in [0.1, 0.15) is 5.75 Å². The Morgan fingerprint density at radius 1 is 1.12 bits per heavy atom. The summed E-state index contributed by atoms with van der Waals surface area (Å²) < 4.78 is 5.83. The second-order valence-corrected chi connectivity index (χ2v) is 6.29. The van der Waals surface area contributed by atoms with Crippen LogP contribution in [0.1, 0.15) is 23.9 Å². The van der Waals surface area contributed by atoms with E-state index in [0.29, 0.717) is 6.61 Å². The van der Waals surface area contributed by atoms with Crippen LogP contribution in [0.2, 0.25) is 0 Å². The summed E-state index contributed by atoms with van der Waals surface area (Å²) in [5.41, 5.74) is 4.39. The zero-order chi connectivity index (χ0) is 17.4. The number of benzene rings is 1. The molecule has 0 bridgehead atoms. The van der Waals surface area contributed by atoms with E-state index in [1.165, 1.54) is 5.56 Å². The molecular weight excluding hydrogens is 310 g/mol. The number of para-hydroxylation sites is 1. The van der Waals surface area contributed by atoms with Gasteiger partial charge in [0.25, 0.3) is 0 Å². The van der Waals surface area contributed by atoms with Gasteiger partial charge in [-0.25, -0.2) is 4.99 Å². The predicted octanol–water partition coefficient (Wildman–Crippen LogP) is 1.41. The average molecular weight is 331 g/mol. The molecule has 126 valence electrons. The molecule has 2 N–H and O–H groups in total. The molecule has 4 nitrogen and oxygen atoms in total. The van der Waals surface area contributed by atoms with Crippen LogP contribution in [0.15, 0.2) is 41.4 Å². The summed E-state index contributed by atoms with van der Waals surface area (Å²) in [4.78, 5) is 11.6. The lowest BCUT2D eigenvalue weighted by Gasteiger charge is -1.98. The Morgan fingerprint density at radius 3 is 2.68 bits per heavy atom. The number of fused-ring (bicyclic) bond motifs is 1. The maximum absolute atomic E-state index is 5.83. The molecule has 4 rings (SSSR count). The minimum atomic E-state index is 0.622. The predicted molar refractivity (Wildman–Crippen MR) is 100 cm³/mol. The first-order chi connectivity index (χ1) is 12.1. The largest absolute Gasteiger partial charge is 0.492 e. The number of ether oxygens (including phenoxy) is 1. The summed E-state index contributed by atoms with van der Waals surface area (Å²) in [6, 6.07) is 12.3. The quantitative estimate of drug-likeness (QED) is 0.749. The third-order valence-corrected chi connectivity index (χ3v) is 4.33. The maximum atomic E-state index is 5.83. The van der Waals surface area contributed by atoms with Crippen LogP contribution in [-0.4, -0.2) is 16.6 Å². The first-order valence-electron chi connectivity index (χ1n) is 8.53. The van der Waals surface area contributed by atoms with Gasteiger partial charge in [-0.05, 0) is 50.6 Å². The van der Waals surface area contributed by atoms with Gasteiger partial charge in [0.2, 0.25) is 0 Å². The normalized spacial score (nSPS) is 15.7. The Bertz CT molecular complexity index is 1140. The Kier molecular flexibility index (Phi) is 3.80. The summed E-state index contributed by atoms with van der Waals surface area (Å²) >= 11 is 0. The molecule has 4 heteroatoms. The van der Waals surface area contributed by atoms with Gasteiger partial charge in [-0.3, -0.25) is 0 Å². The Hall–Kier alpha value is -3.01. The van der Waals surface area contributed by atoms with Gasteiger partial charge in [0, 0.05) is 22.7 Å². The van der Waals surface area contributed by atoms with Crippen LogP contribution in [0.25, 0.3) is 17.8 Å². The van der Waals surface area contributed by atoms with E-state index in [-0.39, 0.29) is 0 Å². The van der Waals surface area contributed by atoms with E-state index in [1.807, 2.05) is 31.2 Å². The van der Waals surface area contributed by atoms with Gasteiger partial charge in [0.05, 0.1) is 28.4 Å². The van der Waals surface area contributed by atoms with E-state index in [9.17, 15) is 0 Å². The molecule has 0 amide bonds. The lowest BCUT2D eigenvalue weighted by Crippen LogP contribution is -2.19. The molecular formula is C21H21N3O. The molecule has 0 spiro atoms. The topological polar surface area (TPSA) is 53.2 Å². The molecule has 0 saturated carbocycles. The molecule has 1 aliphatic rings. The number of aromatic amines is 2. The van der Waals surface area contributed by atoms with Crippen molar-refractivity contribution in [3.63, 3.8) is 0 Å². The molecule has 0 saturated heterocycles. The van der Waals surface area contributed by atoms with Crippen LogP contribution in [0, 0.1) is 13.8 Å². The third kappa shape index (κ3) is 2.91. The molecule has 1 aromatic carbocycles. The van der Waals surface area contributed by atoms with Gasteiger partial charge in [-0.1, -0.05) is 18.2 Å². The fourth-order valence-electron chi connectivity index (χ4n) is 3.17. The molecule has 1 aliphatic heterocycles. The van der Waals surface area contributed by atoms with E-state index >= 15 is 0 Å². The summed E-state index contributed by atoms with van der Waals surface area (Å²) in [6.45, 7) is 6.78. The molecule has 3 heterocycles. The number of nitrogens with zero attached hydrogens (tertiary/aromatic N) is 1. The van der Waals surface area contributed by atoms with Crippen LogP contribution in [0.4, 0.5) is 0 Å². The lowest BCUT2D eigenvalue weighted by atomic mass is 10.2. The van der Waals surface area contributed by atoms with Crippen LogP contribution >= 0.6 is 0 Å². The van der Waals surface area contributed by atoms with Crippen molar-refractivity contribution in [2.75, 3.05) is 6.61 Å². The summed E-state index contributed by atoms with van der Waals surface area (Å²) in [5.74, 6) is 0.844. The number of aryl methyl sites for hydroxylation is 2. The molecule has 0 radical (unpaired) electrons. The smallest absolute Gasteiger partial charge is 0.144 e. The van der Waals surface area contributed by atoms with Crippen LogP contribution in [0.3, 0.4) is 0 Å². The Balaban J connectivity index is 1.92. The zero-order valence-electron chi connectivity index (χ0n) is 14.7. The van der Waals surface area contributed by atoms with Crippen molar-refractivity contribution in [1.29, 1.82) is 0 Å². The van der Waals surface area contributed by atoms with E-state index in [2.05, 4.69) is 48.1 Å². The highest BCUT2D eigenvalue weighted by Gasteiger charge is 2.07. The van der Waals surface area contributed by atoms with Crippen LogP contribution in [0.5, 0.6) is 5.75 Å². The van der Waals surface area contributed by atoms with Crippen molar-refractivity contribution in [1.82, 2.24) is 9.97 Å².